The molecule has 0 bridgehead atoms. The Hall–Kier alpha value is -2.09. The summed E-state index contributed by atoms with van der Waals surface area (Å²) in [6, 6.07) is 6.50. The first-order valence-electron chi connectivity index (χ1n) is 8.36. The van der Waals surface area contributed by atoms with Gasteiger partial charge in [-0.1, -0.05) is 12.8 Å². The lowest BCUT2D eigenvalue weighted by Gasteiger charge is -2.21. The fraction of sp³-hybridized carbons (Fsp3) is 0.529. The maximum atomic E-state index is 12.2. The minimum atomic E-state index is -3.60. The molecule has 25 heavy (non-hydrogen) atoms. The summed E-state index contributed by atoms with van der Waals surface area (Å²) in [5.74, 6) is 0.152. The molecule has 1 aromatic carbocycles. The number of hydrogen-bond donors (Lipinski definition) is 1. The molecular formula is C17H25N3O4S. The van der Waals surface area contributed by atoms with Crippen LogP contribution >= 0.6 is 0 Å². The predicted molar refractivity (Wildman–Crippen MR) is 98.5 cm³/mol. The molecule has 7 nitrogen and oxygen atoms in total. The zero-order chi connectivity index (χ0) is 18.3. The van der Waals surface area contributed by atoms with E-state index in [-0.39, 0.29) is 6.54 Å². The highest BCUT2D eigenvalue weighted by molar-refractivity contribution is 7.92. The van der Waals surface area contributed by atoms with Crippen LogP contribution in [0, 0.1) is 0 Å². The SMILES string of the molecule is COc1ccc(N(CC(=O)NN=C2CCCCCC2)S(C)(=O)=O)cc1. The van der Waals surface area contributed by atoms with Crippen molar-refractivity contribution in [1.29, 1.82) is 0 Å². The maximum absolute atomic E-state index is 12.2. The molecule has 0 spiro atoms. The van der Waals surface area contributed by atoms with Crippen LogP contribution in [0.25, 0.3) is 0 Å². The number of methoxy groups -OCH3 is 1. The van der Waals surface area contributed by atoms with Crippen LogP contribution in [-0.2, 0) is 14.8 Å². The van der Waals surface area contributed by atoms with Gasteiger partial charge in [0.2, 0.25) is 10.0 Å². The highest BCUT2D eigenvalue weighted by Crippen LogP contribution is 2.21. The van der Waals surface area contributed by atoms with Crippen molar-refractivity contribution in [3.8, 4) is 5.75 Å². The zero-order valence-electron chi connectivity index (χ0n) is 14.7. The molecule has 0 saturated heterocycles. The Morgan fingerprint density at radius 3 is 2.28 bits per heavy atom. The summed E-state index contributed by atoms with van der Waals surface area (Å²) in [6.45, 7) is -0.318. The lowest BCUT2D eigenvalue weighted by molar-refractivity contribution is -0.119. The van der Waals surface area contributed by atoms with Crippen LogP contribution in [0.5, 0.6) is 5.75 Å². The van der Waals surface area contributed by atoms with E-state index in [0.29, 0.717) is 11.4 Å². The minimum Gasteiger partial charge on any atom is -0.497 e. The van der Waals surface area contributed by atoms with Gasteiger partial charge >= 0.3 is 0 Å². The number of hydrogen-bond acceptors (Lipinski definition) is 5. The molecule has 8 heteroatoms. The van der Waals surface area contributed by atoms with Crippen molar-refractivity contribution in [2.45, 2.75) is 38.5 Å². The van der Waals surface area contributed by atoms with Crippen molar-refractivity contribution in [3.05, 3.63) is 24.3 Å². The second kappa shape index (κ2) is 8.84. The molecule has 0 heterocycles. The molecule has 0 unspecified atom stereocenters. The summed E-state index contributed by atoms with van der Waals surface area (Å²) < 4.78 is 30.2. The van der Waals surface area contributed by atoms with Crippen molar-refractivity contribution in [2.75, 3.05) is 24.2 Å². The van der Waals surface area contributed by atoms with E-state index in [1.54, 1.807) is 24.3 Å². The lowest BCUT2D eigenvalue weighted by Crippen LogP contribution is -2.39. The van der Waals surface area contributed by atoms with Gasteiger partial charge in [-0.05, 0) is 49.9 Å². The number of amides is 1. The Bertz CT molecular complexity index is 704. The Morgan fingerprint density at radius 1 is 1.16 bits per heavy atom. The van der Waals surface area contributed by atoms with Crippen LogP contribution < -0.4 is 14.5 Å². The van der Waals surface area contributed by atoms with Gasteiger partial charge in [0.25, 0.3) is 5.91 Å². The van der Waals surface area contributed by atoms with Gasteiger partial charge in [-0.25, -0.2) is 13.8 Å². The molecule has 2 rings (SSSR count). The highest BCUT2D eigenvalue weighted by atomic mass is 32.2. The van der Waals surface area contributed by atoms with E-state index in [9.17, 15) is 13.2 Å². The van der Waals surface area contributed by atoms with Crippen molar-refractivity contribution in [3.63, 3.8) is 0 Å². The standard InChI is InChI=1S/C17H25N3O4S/c1-24-16-11-9-15(10-12-16)20(25(2,22)23)13-17(21)19-18-14-7-5-3-4-6-8-14/h9-12H,3-8,13H2,1-2H3,(H,19,21). The van der Waals surface area contributed by atoms with E-state index in [1.807, 2.05) is 0 Å². The van der Waals surface area contributed by atoms with E-state index in [4.69, 9.17) is 4.74 Å². The van der Waals surface area contributed by atoms with E-state index in [2.05, 4.69) is 10.5 Å². The van der Waals surface area contributed by atoms with Crippen LogP contribution in [-0.4, -0.2) is 39.9 Å². The molecule has 1 amide bonds. The average Bonchev–Trinajstić information content (AvgIpc) is 2.86. The molecule has 138 valence electrons. The first-order valence-corrected chi connectivity index (χ1v) is 10.2. The summed E-state index contributed by atoms with van der Waals surface area (Å²) >= 11 is 0. The molecule has 1 aromatic rings. The first kappa shape index (κ1) is 19.2. The Kier molecular flexibility index (Phi) is 6.81. The summed E-state index contributed by atoms with van der Waals surface area (Å²) in [6.07, 6.45) is 7.37. The van der Waals surface area contributed by atoms with Crippen LogP contribution in [0.1, 0.15) is 38.5 Å². The molecule has 0 radical (unpaired) electrons. The first-order chi connectivity index (χ1) is 11.9. The molecule has 1 aliphatic carbocycles. The van der Waals surface area contributed by atoms with Gasteiger partial charge in [0.15, 0.2) is 0 Å². The van der Waals surface area contributed by atoms with Crippen molar-refractivity contribution in [1.82, 2.24) is 5.43 Å². The Morgan fingerprint density at radius 2 is 1.76 bits per heavy atom. The van der Waals surface area contributed by atoms with Crippen LogP contribution in [0.2, 0.25) is 0 Å². The summed E-state index contributed by atoms with van der Waals surface area (Å²) in [5, 5.41) is 4.17. The molecule has 1 saturated carbocycles. The van der Waals surface area contributed by atoms with Crippen molar-refractivity contribution in [2.24, 2.45) is 5.10 Å². The second-order valence-corrected chi connectivity index (χ2v) is 8.00. The fourth-order valence-electron chi connectivity index (χ4n) is 2.70. The summed E-state index contributed by atoms with van der Waals surface area (Å²) in [4.78, 5) is 12.2. The summed E-state index contributed by atoms with van der Waals surface area (Å²) in [5.41, 5.74) is 3.87. The minimum absolute atomic E-state index is 0.318. The van der Waals surface area contributed by atoms with Crippen molar-refractivity contribution < 1.29 is 17.9 Å². The molecule has 0 aromatic heterocycles. The number of benzene rings is 1. The molecule has 1 N–H and O–H groups in total. The van der Waals surface area contributed by atoms with Gasteiger partial charge in [-0.3, -0.25) is 9.10 Å². The third-order valence-corrected chi connectivity index (χ3v) is 5.21. The molecule has 1 aliphatic rings. The fourth-order valence-corrected chi connectivity index (χ4v) is 3.56. The molecule has 0 atom stereocenters. The second-order valence-electron chi connectivity index (χ2n) is 6.09. The smallest absolute Gasteiger partial charge is 0.260 e. The number of nitrogens with one attached hydrogen (secondary N) is 1. The number of hydrazone groups is 1. The van der Waals surface area contributed by atoms with Gasteiger partial charge < -0.3 is 4.74 Å². The van der Waals surface area contributed by atoms with Crippen LogP contribution in [0.3, 0.4) is 0 Å². The molecular weight excluding hydrogens is 342 g/mol. The number of rotatable bonds is 6. The largest absolute Gasteiger partial charge is 0.497 e. The number of carbonyl (C=O) groups is 1. The van der Waals surface area contributed by atoms with Gasteiger partial charge in [0.1, 0.15) is 12.3 Å². The molecule has 0 aliphatic heterocycles. The van der Waals surface area contributed by atoms with Gasteiger partial charge in [0.05, 0.1) is 19.1 Å². The number of sulfonamides is 1. The van der Waals surface area contributed by atoms with E-state index >= 15 is 0 Å². The third-order valence-electron chi connectivity index (χ3n) is 4.07. The number of carbonyl (C=O) groups excluding carboxylic acids is 1. The van der Waals surface area contributed by atoms with E-state index in [0.717, 1.165) is 42.0 Å². The number of nitrogens with zero attached hydrogens (tertiary/aromatic N) is 2. The Balaban J connectivity index is 2.06. The van der Waals surface area contributed by atoms with Crippen LogP contribution in [0.15, 0.2) is 29.4 Å². The Labute approximate surface area is 149 Å². The van der Waals surface area contributed by atoms with Crippen LogP contribution in [0.4, 0.5) is 5.69 Å². The normalized spacial score (nSPS) is 15.2. The quantitative estimate of drug-likeness (QED) is 0.617. The van der Waals surface area contributed by atoms with E-state index in [1.165, 1.54) is 20.0 Å². The average molecular weight is 367 g/mol. The maximum Gasteiger partial charge on any atom is 0.260 e. The van der Waals surface area contributed by atoms with Crippen molar-refractivity contribution >= 4 is 27.3 Å². The summed E-state index contributed by atoms with van der Waals surface area (Å²) in [7, 11) is -2.07. The monoisotopic (exact) mass is 367 g/mol. The topological polar surface area (TPSA) is 88.1 Å². The highest BCUT2D eigenvalue weighted by Gasteiger charge is 2.21. The third kappa shape index (κ3) is 6.04. The number of anilines is 1. The van der Waals surface area contributed by atoms with Gasteiger partial charge in [-0.2, -0.15) is 5.10 Å². The lowest BCUT2D eigenvalue weighted by atomic mass is 10.2. The predicted octanol–water partition coefficient (Wildman–Crippen LogP) is 2.29. The number of ether oxygens (including phenoxy) is 1. The van der Waals surface area contributed by atoms with Gasteiger partial charge in [-0.15, -0.1) is 0 Å². The van der Waals surface area contributed by atoms with E-state index < -0.39 is 15.9 Å². The van der Waals surface area contributed by atoms with Gasteiger partial charge in [0, 0.05) is 5.71 Å². The zero-order valence-corrected chi connectivity index (χ0v) is 15.5. The molecule has 1 fully saturated rings.